The molecule has 1 unspecified atom stereocenters. The minimum atomic E-state index is -4.19. The summed E-state index contributed by atoms with van der Waals surface area (Å²) in [5, 5.41) is 0. The average Bonchev–Trinajstić information content (AvgIpc) is 3.16. The molecular weight excluding hydrogens is 855 g/mol. The Bertz CT molecular complexity index is 2060. The van der Waals surface area contributed by atoms with Crippen LogP contribution in [0, 0.1) is 19.8 Å². The SMILES string of the molecule is COC(=O)C(C(=O)OC)C(CS(=O)(=O)N(COCC[Si](C)(C)C)COCC[Si](C)(C)C)c1ccc(COc2cccc(-c3c(C)cc(OCCCS(C)(=O)=O)cc3C)c2)cc1. The van der Waals surface area contributed by atoms with Crippen molar-refractivity contribution < 1.29 is 54.8 Å². The Morgan fingerprint density at radius 1 is 0.705 bits per heavy atom. The summed E-state index contributed by atoms with van der Waals surface area (Å²) in [5.74, 6) is -3.81. The van der Waals surface area contributed by atoms with Gasteiger partial charge in [0.05, 0.1) is 32.3 Å². The molecule has 13 nitrogen and oxygen atoms in total. The van der Waals surface area contributed by atoms with Crippen LogP contribution in [0.3, 0.4) is 0 Å². The highest BCUT2D eigenvalue weighted by atomic mass is 32.2. The number of rotatable bonds is 26. The third-order valence-electron chi connectivity index (χ3n) is 9.93. The number of sulfone groups is 1. The Morgan fingerprint density at radius 2 is 1.25 bits per heavy atom. The van der Waals surface area contributed by atoms with Gasteiger partial charge in [0.15, 0.2) is 5.92 Å². The number of sulfonamides is 1. The van der Waals surface area contributed by atoms with Crippen LogP contribution in [0.1, 0.15) is 34.6 Å². The molecule has 0 saturated heterocycles. The van der Waals surface area contributed by atoms with Crippen LogP contribution in [0.4, 0.5) is 0 Å². The fourth-order valence-corrected chi connectivity index (χ4v) is 10.1. The second-order valence-corrected chi connectivity index (χ2v) is 33.4. The molecule has 0 bridgehead atoms. The van der Waals surface area contributed by atoms with Gasteiger partial charge in [-0.25, -0.2) is 16.8 Å². The maximum absolute atomic E-state index is 14.3. The summed E-state index contributed by atoms with van der Waals surface area (Å²) < 4.78 is 86.4. The van der Waals surface area contributed by atoms with Crippen molar-refractivity contribution in [2.24, 2.45) is 5.92 Å². The molecule has 0 aliphatic heterocycles. The number of hydrogen-bond acceptors (Lipinski definition) is 12. The second-order valence-electron chi connectivity index (χ2n) is 17.9. The minimum absolute atomic E-state index is 0.0690. The first-order valence-corrected chi connectivity index (χ1v) is 31.5. The molecule has 0 spiro atoms. The lowest BCUT2D eigenvalue weighted by atomic mass is 9.87. The summed E-state index contributed by atoms with van der Waals surface area (Å²) in [6.45, 7) is 18.0. The Morgan fingerprint density at radius 3 is 1.74 bits per heavy atom. The minimum Gasteiger partial charge on any atom is -0.494 e. The van der Waals surface area contributed by atoms with Crippen LogP contribution in [0.2, 0.25) is 51.4 Å². The maximum Gasteiger partial charge on any atom is 0.320 e. The van der Waals surface area contributed by atoms with E-state index in [1.165, 1.54) is 6.26 Å². The smallest absolute Gasteiger partial charge is 0.320 e. The van der Waals surface area contributed by atoms with Gasteiger partial charge in [-0.2, -0.15) is 4.31 Å². The maximum atomic E-state index is 14.3. The van der Waals surface area contributed by atoms with E-state index >= 15 is 0 Å². The van der Waals surface area contributed by atoms with Gasteiger partial charge in [0.25, 0.3) is 0 Å². The van der Waals surface area contributed by atoms with Crippen LogP contribution in [-0.4, -0.2) is 114 Å². The largest absolute Gasteiger partial charge is 0.494 e. The first-order valence-electron chi connectivity index (χ1n) is 20.5. The molecule has 0 saturated carbocycles. The Hall–Kier alpha value is -3.59. The first kappa shape index (κ1) is 51.8. The van der Waals surface area contributed by atoms with E-state index in [0.29, 0.717) is 43.3 Å². The molecule has 1 atom stereocenters. The Labute approximate surface area is 366 Å². The monoisotopic (exact) mass is 921 g/mol. The number of methoxy groups -OCH3 is 2. The average molecular weight is 922 g/mol. The van der Waals surface area contributed by atoms with E-state index in [-0.39, 0.29) is 25.8 Å². The van der Waals surface area contributed by atoms with E-state index in [0.717, 1.165) is 58.4 Å². The fourth-order valence-electron chi connectivity index (χ4n) is 6.43. The summed E-state index contributed by atoms with van der Waals surface area (Å²) in [5.41, 5.74) is 5.15. The standard InChI is InChI=1S/C44H67NO12S2Si2/c1-33-26-39(56-20-13-23-58(5,48)49)27-34(2)41(33)37-14-12-15-38(28-37)57-29-35-16-18-36(19-17-35)40(42(43(46)52-3)44(47)53-4)30-59(50,51)45(31-54-21-24-60(6,7)8)32-55-22-25-61(9,10)11/h12,14-19,26-28,40,42H,13,20-25,29-32H2,1-11H3. The number of aryl methyl sites for hydroxylation is 2. The van der Waals surface area contributed by atoms with Gasteiger partial charge in [-0.15, -0.1) is 0 Å². The number of carbonyl (C=O) groups is 2. The number of esters is 2. The van der Waals surface area contributed by atoms with Crippen LogP contribution in [0.25, 0.3) is 11.1 Å². The van der Waals surface area contributed by atoms with Gasteiger partial charge < -0.3 is 28.4 Å². The molecule has 0 amide bonds. The van der Waals surface area contributed by atoms with Gasteiger partial charge in [-0.1, -0.05) is 75.7 Å². The van der Waals surface area contributed by atoms with Crippen LogP contribution >= 0.6 is 0 Å². The van der Waals surface area contributed by atoms with E-state index in [9.17, 15) is 26.4 Å². The van der Waals surface area contributed by atoms with Crippen LogP contribution in [-0.2, 0) is 55.0 Å². The molecular formula is C44H67NO12S2Si2. The zero-order chi connectivity index (χ0) is 45.6. The van der Waals surface area contributed by atoms with E-state index in [1.54, 1.807) is 24.3 Å². The third kappa shape index (κ3) is 18.0. The zero-order valence-corrected chi connectivity index (χ0v) is 41.5. The number of ether oxygens (including phenoxy) is 6. The third-order valence-corrected chi connectivity index (χ3v) is 16.1. The van der Waals surface area contributed by atoms with Gasteiger partial charge in [0, 0.05) is 41.5 Å². The molecule has 0 radical (unpaired) electrons. The van der Waals surface area contributed by atoms with Crippen molar-refractivity contribution in [2.45, 2.75) is 84.2 Å². The summed E-state index contributed by atoms with van der Waals surface area (Å²) in [6, 6.07) is 20.2. The molecule has 0 aliphatic rings. The number of nitrogens with zero attached hydrogens (tertiary/aromatic N) is 1. The molecule has 61 heavy (non-hydrogen) atoms. The molecule has 0 aliphatic carbocycles. The van der Waals surface area contributed by atoms with Crippen molar-refractivity contribution in [2.75, 3.05) is 65.3 Å². The number of benzene rings is 3. The van der Waals surface area contributed by atoms with Crippen molar-refractivity contribution in [1.82, 2.24) is 4.31 Å². The van der Waals surface area contributed by atoms with Gasteiger partial charge in [0.2, 0.25) is 10.0 Å². The second kappa shape index (κ2) is 23.2. The van der Waals surface area contributed by atoms with Crippen LogP contribution in [0.15, 0.2) is 60.7 Å². The predicted octanol–water partition coefficient (Wildman–Crippen LogP) is 7.67. The van der Waals surface area contributed by atoms with Crippen molar-refractivity contribution >= 4 is 47.9 Å². The fraction of sp³-hybridized carbons (Fsp3) is 0.545. The van der Waals surface area contributed by atoms with Gasteiger partial charge >= 0.3 is 11.9 Å². The van der Waals surface area contributed by atoms with Gasteiger partial charge in [-0.05, 0) is 90.0 Å². The molecule has 0 heterocycles. The van der Waals surface area contributed by atoms with E-state index < -0.39 is 65.5 Å². The van der Waals surface area contributed by atoms with E-state index in [2.05, 4.69) is 39.3 Å². The zero-order valence-electron chi connectivity index (χ0n) is 37.9. The predicted molar refractivity (Wildman–Crippen MR) is 246 cm³/mol. The first-order chi connectivity index (χ1) is 28.4. The van der Waals surface area contributed by atoms with Crippen molar-refractivity contribution in [3.8, 4) is 22.6 Å². The Balaban J connectivity index is 1.84. The van der Waals surface area contributed by atoms with E-state index in [1.807, 2.05) is 50.2 Å². The van der Waals surface area contributed by atoms with E-state index in [4.69, 9.17) is 28.4 Å². The summed E-state index contributed by atoms with van der Waals surface area (Å²) in [4.78, 5) is 26.3. The molecule has 340 valence electrons. The lowest BCUT2D eigenvalue weighted by molar-refractivity contribution is -0.159. The van der Waals surface area contributed by atoms with Gasteiger partial charge in [-0.3, -0.25) is 9.59 Å². The quantitative estimate of drug-likeness (QED) is 0.0255. The molecule has 0 fully saturated rings. The lowest BCUT2D eigenvalue weighted by Gasteiger charge is -2.28. The van der Waals surface area contributed by atoms with Crippen molar-refractivity contribution in [1.29, 1.82) is 0 Å². The number of carbonyl (C=O) groups excluding carboxylic acids is 2. The van der Waals surface area contributed by atoms with Crippen molar-refractivity contribution in [3.05, 3.63) is 82.9 Å². The highest BCUT2D eigenvalue weighted by Gasteiger charge is 2.42. The Kier molecular flexibility index (Phi) is 19.7. The summed E-state index contributed by atoms with van der Waals surface area (Å²) in [6.07, 6.45) is 1.62. The van der Waals surface area contributed by atoms with Crippen LogP contribution in [0.5, 0.6) is 11.5 Å². The molecule has 17 heteroatoms. The van der Waals surface area contributed by atoms with Gasteiger partial charge in [0.1, 0.15) is 41.4 Å². The molecule has 3 aromatic rings. The summed E-state index contributed by atoms with van der Waals surface area (Å²) in [7, 11) is -7.87. The van der Waals surface area contributed by atoms with Crippen LogP contribution < -0.4 is 9.47 Å². The topological polar surface area (TPSA) is 161 Å². The van der Waals surface area contributed by atoms with Crippen molar-refractivity contribution in [3.63, 3.8) is 0 Å². The highest BCUT2D eigenvalue weighted by Crippen LogP contribution is 2.34. The normalized spacial score (nSPS) is 13.0. The molecule has 3 aromatic carbocycles. The number of hydrogen-bond donors (Lipinski definition) is 0. The summed E-state index contributed by atoms with van der Waals surface area (Å²) >= 11 is 0. The lowest BCUT2D eigenvalue weighted by Crippen LogP contribution is -2.42. The highest BCUT2D eigenvalue weighted by molar-refractivity contribution is 7.90. The molecule has 0 N–H and O–H groups in total. The molecule has 3 rings (SSSR count). The molecule has 0 aromatic heterocycles.